The highest BCUT2D eigenvalue weighted by atomic mass is 127. The molecule has 0 aliphatic rings. The van der Waals surface area contributed by atoms with Gasteiger partial charge in [-0.25, -0.2) is 0 Å². The summed E-state index contributed by atoms with van der Waals surface area (Å²) in [5.41, 5.74) is 10.4. The van der Waals surface area contributed by atoms with Gasteiger partial charge in [-0.1, -0.05) is 23.8 Å². The fourth-order valence-corrected chi connectivity index (χ4v) is 2.71. The number of aliphatic imine (C=N–C) groups is 1. The Labute approximate surface area is 164 Å². The smallest absolute Gasteiger partial charge is 0.193 e. The quantitative estimate of drug-likeness (QED) is 0.312. The molecule has 4 N–H and O–H groups in total. The number of guanidine groups is 1. The minimum Gasteiger partial charge on any atom is -0.496 e. The van der Waals surface area contributed by atoms with E-state index in [-0.39, 0.29) is 24.0 Å². The topological polar surface area (TPSA) is 75.4 Å². The first kappa shape index (κ1) is 19.1. The van der Waals surface area contributed by atoms with Crippen molar-refractivity contribution in [1.82, 2.24) is 4.98 Å². The maximum atomic E-state index is 5.96. The second-order valence-electron chi connectivity index (χ2n) is 5.70. The van der Waals surface area contributed by atoms with Crippen molar-refractivity contribution >= 4 is 46.5 Å². The SMILES string of the molecule is COc1cccc2[nH]cc(CCN=C(N)Nc3ccc(C)cc3)c12.I. The molecule has 5 nitrogen and oxygen atoms in total. The van der Waals surface area contributed by atoms with E-state index in [4.69, 9.17) is 10.5 Å². The molecular formula is C19H23IN4O. The molecule has 0 spiro atoms. The number of anilines is 1. The van der Waals surface area contributed by atoms with Crippen molar-refractivity contribution in [1.29, 1.82) is 0 Å². The molecule has 0 radical (unpaired) electrons. The van der Waals surface area contributed by atoms with Crippen LogP contribution < -0.4 is 15.8 Å². The van der Waals surface area contributed by atoms with Crippen LogP contribution >= 0.6 is 24.0 Å². The Morgan fingerprint density at radius 2 is 1.96 bits per heavy atom. The van der Waals surface area contributed by atoms with Gasteiger partial charge in [0, 0.05) is 29.3 Å². The standard InChI is InChI=1S/C19H22N4O.HI/c1-13-6-8-15(9-7-13)23-19(20)21-11-10-14-12-22-16-4-3-5-17(24-2)18(14)16;/h3-9,12,22H,10-11H2,1-2H3,(H3,20,21,23);1H. The Morgan fingerprint density at radius 3 is 2.68 bits per heavy atom. The number of halogens is 1. The van der Waals surface area contributed by atoms with Crippen molar-refractivity contribution in [2.45, 2.75) is 13.3 Å². The number of aryl methyl sites for hydroxylation is 1. The van der Waals surface area contributed by atoms with Gasteiger partial charge in [0.2, 0.25) is 0 Å². The van der Waals surface area contributed by atoms with Gasteiger partial charge in [-0.2, -0.15) is 0 Å². The summed E-state index contributed by atoms with van der Waals surface area (Å²) in [6.07, 6.45) is 2.79. The maximum Gasteiger partial charge on any atom is 0.193 e. The van der Waals surface area contributed by atoms with Gasteiger partial charge in [0.05, 0.1) is 7.11 Å². The molecule has 6 heteroatoms. The van der Waals surface area contributed by atoms with Crippen LogP contribution in [0.4, 0.5) is 5.69 Å². The number of aromatic nitrogens is 1. The number of nitrogens with one attached hydrogen (secondary N) is 2. The molecule has 1 aromatic heterocycles. The molecule has 0 atom stereocenters. The molecule has 0 amide bonds. The maximum absolute atomic E-state index is 5.96. The van der Waals surface area contributed by atoms with Crippen LogP contribution in [0.2, 0.25) is 0 Å². The number of benzene rings is 2. The molecule has 0 aliphatic heterocycles. The van der Waals surface area contributed by atoms with Crippen LogP contribution in [-0.2, 0) is 6.42 Å². The minimum atomic E-state index is 0. The first-order chi connectivity index (χ1) is 11.7. The van der Waals surface area contributed by atoms with Crippen molar-refractivity contribution in [2.24, 2.45) is 10.7 Å². The van der Waals surface area contributed by atoms with Gasteiger partial charge in [-0.05, 0) is 43.2 Å². The summed E-state index contributed by atoms with van der Waals surface area (Å²) < 4.78 is 5.45. The zero-order chi connectivity index (χ0) is 16.9. The minimum absolute atomic E-state index is 0. The second kappa shape index (κ2) is 8.75. The lowest BCUT2D eigenvalue weighted by Crippen LogP contribution is -2.23. The molecule has 0 saturated heterocycles. The van der Waals surface area contributed by atoms with Crippen molar-refractivity contribution in [3.63, 3.8) is 0 Å². The first-order valence-corrected chi connectivity index (χ1v) is 7.94. The average molecular weight is 450 g/mol. The molecule has 25 heavy (non-hydrogen) atoms. The second-order valence-corrected chi connectivity index (χ2v) is 5.70. The van der Waals surface area contributed by atoms with Gasteiger partial charge in [0.1, 0.15) is 5.75 Å². The van der Waals surface area contributed by atoms with E-state index in [2.05, 4.69) is 22.2 Å². The predicted molar refractivity (Wildman–Crippen MR) is 115 cm³/mol. The molecule has 1 heterocycles. The first-order valence-electron chi connectivity index (χ1n) is 7.94. The van der Waals surface area contributed by atoms with E-state index in [1.807, 2.05) is 48.7 Å². The molecule has 3 aromatic rings. The number of methoxy groups -OCH3 is 1. The van der Waals surface area contributed by atoms with Gasteiger partial charge in [-0.15, -0.1) is 24.0 Å². The van der Waals surface area contributed by atoms with E-state index in [0.29, 0.717) is 12.5 Å². The summed E-state index contributed by atoms with van der Waals surface area (Å²) in [5, 5.41) is 4.22. The number of fused-ring (bicyclic) bond motifs is 1. The van der Waals surface area contributed by atoms with Crippen LogP contribution in [0, 0.1) is 6.92 Å². The van der Waals surface area contributed by atoms with Crippen molar-refractivity contribution in [3.8, 4) is 5.75 Å². The van der Waals surface area contributed by atoms with E-state index < -0.39 is 0 Å². The summed E-state index contributed by atoms with van der Waals surface area (Å²) in [6.45, 7) is 2.66. The van der Waals surface area contributed by atoms with Crippen molar-refractivity contribution < 1.29 is 4.74 Å². The van der Waals surface area contributed by atoms with E-state index in [0.717, 1.165) is 28.8 Å². The molecule has 0 unspecified atom stereocenters. The van der Waals surface area contributed by atoms with Crippen LogP contribution in [0.5, 0.6) is 5.75 Å². The lowest BCUT2D eigenvalue weighted by molar-refractivity contribution is 0.419. The van der Waals surface area contributed by atoms with Gasteiger partial charge >= 0.3 is 0 Å². The predicted octanol–water partition coefficient (Wildman–Crippen LogP) is 4.07. The molecule has 0 bridgehead atoms. The number of nitrogens with two attached hydrogens (primary N) is 1. The molecule has 0 aliphatic carbocycles. The van der Waals surface area contributed by atoms with E-state index >= 15 is 0 Å². The third kappa shape index (κ3) is 4.66. The average Bonchev–Trinajstić information content (AvgIpc) is 3.00. The molecular weight excluding hydrogens is 427 g/mol. The third-order valence-electron chi connectivity index (χ3n) is 3.96. The Morgan fingerprint density at radius 1 is 1.20 bits per heavy atom. The van der Waals surface area contributed by atoms with E-state index in [1.165, 1.54) is 11.1 Å². The monoisotopic (exact) mass is 450 g/mol. The lowest BCUT2D eigenvalue weighted by Gasteiger charge is -2.06. The number of aromatic amines is 1. The Kier molecular flexibility index (Phi) is 6.69. The molecule has 0 saturated carbocycles. The van der Waals surface area contributed by atoms with Crippen LogP contribution in [-0.4, -0.2) is 24.6 Å². The number of hydrogen-bond donors (Lipinski definition) is 3. The lowest BCUT2D eigenvalue weighted by atomic mass is 10.1. The third-order valence-corrected chi connectivity index (χ3v) is 3.96. The van der Waals surface area contributed by atoms with Crippen molar-refractivity contribution in [2.75, 3.05) is 19.0 Å². The van der Waals surface area contributed by atoms with Gasteiger partial charge in [-0.3, -0.25) is 4.99 Å². The molecule has 132 valence electrons. The Hall–Kier alpha value is -2.22. The zero-order valence-electron chi connectivity index (χ0n) is 14.4. The number of nitrogens with zero attached hydrogens (tertiary/aromatic N) is 1. The number of H-pyrrole nitrogens is 1. The fraction of sp³-hybridized carbons (Fsp3) is 0.211. The number of ether oxygens (including phenoxy) is 1. The van der Waals surface area contributed by atoms with Crippen LogP contribution in [0.15, 0.2) is 53.7 Å². The summed E-state index contributed by atoms with van der Waals surface area (Å²) in [6, 6.07) is 14.0. The number of rotatable bonds is 5. The van der Waals surface area contributed by atoms with E-state index in [9.17, 15) is 0 Å². The van der Waals surface area contributed by atoms with Gasteiger partial charge in [0.25, 0.3) is 0 Å². The Bertz CT molecular complexity index is 855. The highest BCUT2D eigenvalue weighted by Crippen LogP contribution is 2.28. The van der Waals surface area contributed by atoms with Crippen LogP contribution in [0.25, 0.3) is 10.9 Å². The zero-order valence-corrected chi connectivity index (χ0v) is 16.7. The Balaban J connectivity index is 0.00000225. The van der Waals surface area contributed by atoms with E-state index in [1.54, 1.807) is 7.11 Å². The normalized spacial score (nSPS) is 11.2. The van der Waals surface area contributed by atoms with Crippen LogP contribution in [0.3, 0.4) is 0 Å². The summed E-state index contributed by atoms with van der Waals surface area (Å²) in [4.78, 5) is 7.68. The highest BCUT2D eigenvalue weighted by Gasteiger charge is 2.08. The number of hydrogen-bond acceptors (Lipinski definition) is 2. The summed E-state index contributed by atoms with van der Waals surface area (Å²) in [7, 11) is 1.69. The van der Waals surface area contributed by atoms with Gasteiger partial charge < -0.3 is 20.8 Å². The highest BCUT2D eigenvalue weighted by molar-refractivity contribution is 14.0. The fourth-order valence-electron chi connectivity index (χ4n) is 2.71. The molecule has 0 fully saturated rings. The van der Waals surface area contributed by atoms with Gasteiger partial charge in [0.15, 0.2) is 5.96 Å². The van der Waals surface area contributed by atoms with Crippen molar-refractivity contribution in [3.05, 3.63) is 59.8 Å². The summed E-state index contributed by atoms with van der Waals surface area (Å²) >= 11 is 0. The van der Waals surface area contributed by atoms with Crippen LogP contribution in [0.1, 0.15) is 11.1 Å². The molecule has 3 rings (SSSR count). The summed E-state index contributed by atoms with van der Waals surface area (Å²) in [5.74, 6) is 1.30. The molecule has 2 aromatic carbocycles. The largest absolute Gasteiger partial charge is 0.496 e.